The van der Waals surface area contributed by atoms with E-state index in [1.807, 2.05) is 12.1 Å². The van der Waals surface area contributed by atoms with Gasteiger partial charge in [0, 0.05) is 5.75 Å². The average molecular weight is 344 g/mol. The van der Waals surface area contributed by atoms with Crippen LogP contribution in [0, 0.1) is 5.92 Å². The van der Waals surface area contributed by atoms with E-state index in [1.165, 1.54) is 30.6 Å². The summed E-state index contributed by atoms with van der Waals surface area (Å²) < 4.78 is 5.19. The van der Waals surface area contributed by atoms with Crippen LogP contribution < -0.4 is 10.3 Å². The third-order valence-corrected chi connectivity index (χ3v) is 4.48. The molecule has 1 aromatic carbocycles. The van der Waals surface area contributed by atoms with Gasteiger partial charge in [-0.15, -0.1) is 0 Å². The quantitative estimate of drug-likeness (QED) is 0.671. The Labute approximate surface area is 144 Å². The van der Waals surface area contributed by atoms with Crippen molar-refractivity contribution in [3.8, 4) is 5.88 Å². The predicted molar refractivity (Wildman–Crippen MR) is 95.6 cm³/mol. The summed E-state index contributed by atoms with van der Waals surface area (Å²) in [4.78, 5) is 26.2. The number of methoxy groups -OCH3 is 1. The highest BCUT2D eigenvalue weighted by atomic mass is 32.2. The monoisotopic (exact) mass is 344 g/mol. The number of hydrogen-bond acceptors (Lipinski definition) is 5. The van der Waals surface area contributed by atoms with Gasteiger partial charge in [0.05, 0.1) is 30.0 Å². The number of fused-ring (bicyclic) bond motifs is 1. The lowest BCUT2D eigenvalue weighted by atomic mass is 10.0. The Morgan fingerprint density at radius 2 is 2.12 bits per heavy atom. The van der Waals surface area contributed by atoms with E-state index < -0.39 is 0 Å². The van der Waals surface area contributed by atoms with Gasteiger partial charge in [-0.05, 0) is 24.0 Å². The lowest BCUT2D eigenvalue weighted by molar-refractivity contribution is 0.390. The summed E-state index contributed by atoms with van der Waals surface area (Å²) in [6, 6.07) is 6.20. The molecule has 0 aliphatic heterocycles. The smallest absolute Gasteiger partial charge is 0.266 e. The molecule has 3 rings (SSSR count). The van der Waals surface area contributed by atoms with E-state index in [1.54, 1.807) is 0 Å². The largest absolute Gasteiger partial charge is 0.480 e. The van der Waals surface area contributed by atoms with Crippen molar-refractivity contribution in [1.82, 2.24) is 19.9 Å². The molecular formula is C17H20N4O2S. The standard InChI is InChI=1S/C17H20N4O2S/c1-10(2)7-11-5-4-6-12-15(11)21-17(20-12)24-9-13-16(23-3)18-8-14(22)19-13/h4-6,8,10H,7,9H2,1-3H3,(H,19,22)(H,20,21). The number of para-hydroxylation sites is 1. The van der Waals surface area contributed by atoms with Gasteiger partial charge in [-0.1, -0.05) is 37.7 Å². The van der Waals surface area contributed by atoms with Crippen LogP contribution in [0.4, 0.5) is 0 Å². The second kappa shape index (κ2) is 7.09. The van der Waals surface area contributed by atoms with Gasteiger partial charge in [0.25, 0.3) is 5.56 Å². The maximum absolute atomic E-state index is 11.5. The summed E-state index contributed by atoms with van der Waals surface area (Å²) in [6.07, 6.45) is 2.21. The van der Waals surface area contributed by atoms with E-state index in [2.05, 4.69) is 34.9 Å². The van der Waals surface area contributed by atoms with Crippen molar-refractivity contribution in [2.75, 3.05) is 7.11 Å². The molecule has 0 atom stereocenters. The minimum absolute atomic E-state index is 0.241. The number of ether oxygens (including phenoxy) is 1. The van der Waals surface area contributed by atoms with Crippen LogP contribution in [0.5, 0.6) is 5.88 Å². The Morgan fingerprint density at radius 3 is 2.88 bits per heavy atom. The first-order valence-corrected chi connectivity index (χ1v) is 8.78. The Kier molecular flexibility index (Phi) is 4.89. The van der Waals surface area contributed by atoms with E-state index in [-0.39, 0.29) is 5.56 Å². The van der Waals surface area contributed by atoms with E-state index in [9.17, 15) is 4.79 Å². The zero-order valence-electron chi connectivity index (χ0n) is 13.9. The Hall–Kier alpha value is -2.28. The number of benzene rings is 1. The lowest BCUT2D eigenvalue weighted by Crippen LogP contribution is -2.10. The first-order chi connectivity index (χ1) is 11.6. The number of thioether (sulfide) groups is 1. The molecule has 3 aromatic rings. The first kappa shape index (κ1) is 16.6. The van der Waals surface area contributed by atoms with E-state index in [0.29, 0.717) is 23.2 Å². The highest BCUT2D eigenvalue weighted by molar-refractivity contribution is 7.98. The van der Waals surface area contributed by atoms with Gasteiger partial charge in [-0.2, -0.15) is 0 Å². The second-order valence-electron chi connectivity index (χ2n) is 5.98. The van der Waals surface area contributed by atoms with Crippen LogP contribution in [-0.4, -0.2) is 27.0 Å². The maximum atomic E-state index is 11.5. The number of imidazole rings is 1. The molecule has 0 fully saturated rings. The highest BCUT2D eigenvalue weighted by Gasteiger charge is 2.11. The molecule has 0 unspecified atom stereocenters. The minimum atomic E-state index is -0.241. The second-order valence-corrected chi connectivity index (χ2v) is 6.94. The SMILES string of the molecule is COc1ncc(=O)[nH]c1CSc1nc2c(CC(C)C)cccc2[nH]1. The third kappa shape index (κ3) is 3.62. The molecule has 6 nitrogen and oxygen atoms in total. The molecule has 0 aliphatic rings. The normalized spacial score (nSPS) is 11.3. The van der Waals surface area contributed by atoms with Gasteiger partial charge in [0.1, 0.15) is 0 Å². The molecule has 0 spiro atoms. The molecule has 2 N–H and O–H groups in total. The molecule has 0 aliphatic carbocycles. The molecule has 2 heterocycles. The predicted octanol–water partition coefficient (Wildman–Crippen LogP) is 3.15. The summed E-state index contributed by atoms with van der Waals surface area (Å²) in [7, 11) is 1.54. The van der Waals surface area contributed by atoms with Gasteiger partial charge in [-0.25, -0.2) is 9.97 Å². The van der Waals surface area contributed by atoms with Gasteiger partial charge < -0.3 is 14.7 Å². The van der Waals surface area contributed by atoms with Crippen molar-refractivity contribution < 1.29 is 4.74 Å². The van der Waals surface area contributed by atoms with E-state index >= 15 is 0 Å². The van der Waals surface area contributed by atoms with Crippen LogP contribution in [0.15, 0.2) is 34.3 Å². The molecule has 0 saturated heterocycles. The Bertz CT molecular complexity index is 901. The average Bonchev–Trinajstić information content (AvgIpc) is 2.97. The van der Waals surface area contributed by atoms with Crippen molar-refractivity contribution in [3.05, 3.63) is 46.0 Å². The molecular weight excluding hydrogens is 324 g/mol. The zero-order valence-corrected chi connectivity index (χ0v) is 14.7. The van der Waals surface area contributed by atoms with Crippen LogP contribution in [0.3, 0.4) is 0 Å². The van der Waals surface area contributed by atoms with Gasteiger partial charge in [0.15, 0.2) is 5.16 Å². The van der Waals surface area contributed by atoms with Gasteiger partial charge in [-0.3, -0.25) is 4.79 Å². The molecule has 126 valence electrons. The van der Waals surface area contributed by atoms with Crippen LogP contribution in [0.25, 0.3) is 11.0 Å². The zero-order chi connectivity index (χ0) is 17.1. The minimum Gasteiger partial charge on any atom is -0.480 e. The Balaban J connectivity index is 1.84. The highest BCUT2D eigenvalue weighted by Crippen LogP contribution is 2.27. The summed E-state index contributed by atoms with van der Waals surface area (Å²) >= 11 is 1.51. The number of hydrogen-bond donors (Lipinski definition) is 2. The number of nitrogens with one attached hydrogen (secondary N) is 2. The number of aromatic nitrogens is 4. The van der Waals surface area contributed by atoms with Crippen LogP contribution in [0.2, 0.25) is 0 Å². The maximum Gasteiger partial charge on any atom is 0.266 e. The van der Waals surface area contributed by atoms with Crippen molar-refractivity contribution in [3.63, 3.8) is 0 Å². The summed E-state index contributed by atoms with van der Waals surface area (Å²) in [5.74, 6) is 1.53. The number of rotatable bonds is 6. The molecule has 0 radical (unpaired) electrons. The van der Waals surface area contributed by atoms with E-state index in [4.69, 9.17) is 9.72 Å². The van der Waals surface area contributed by atoms with Gasteiger partial charge in [0.2, 0.25) is 5.88 Å². The Morgan fingerprint density at radius 1 is 1.29 bits per heavy atom. The van der Waals surface area contributed by atoms with Crippen LogP contribution >= 0.6 is 11.8 Å². The summed E-state index contributed by atoms with van der Waals surface area (Å²) in [6.45, 7) is 4.40. The van der Waals surface area contributed by atoms with Crippen molar-refractivity contribution >= 4 is 22.8 Å². The molecule has 7 heteroatoms. The topological polar surface area (TPSA) is 83.7 Å². The molecule has 0 saturated carbocycles. The van der Waals surface area contributed by atoms with Crippen molar-refractivity contribution in [2.45, 2.75) is 31.2 Å². The van der Waals surface area contributed by atoms with Crippen molar-refractivity contribution in [1.29, 1.82) is 0 Å². The number of aromatic amines is 2. The fraction of sp³-hybridized carbons (Fsp3) is 0.353. The third-order valence-electron chi connectivity index (χ3n) is 3.58. The van der Waals surface area contributed by atoms with E-state index in [0.717, 1.165) is 22.6 Å². The first-order valence-electron chi connectivity index (χ1n) is 7.79. The van der Waals surface area contributed by atoms with Crippen LogP contribution in [-0.2, 0) is 12.2 Å². The molecule has 0 bridgehead atoms. The molecule has 24 heavy (non-hydrogen) atoms. The molecule has 0 amide bonds. The fourth-order valence-electron chi connectivity index (χ4n) is 2.59. The fourth-order valence-corrected chi connectivity index (χ4v) is 3.40. The molecule has 2 aromatic heterocycles. The summed E-state index contributed by atoms with van der Waals surface area (Å²) in [5.41, 5.74) is 3.70. The summed E-state index contributed by atoms with van der Waals surface area (Å²) in [5, 5.41) is 0.813. The van der Waals surface area contributed by atoms with Crippen molar-refractivity contribution in [2.24, 2.45) is 5.92 Å². The van der Waals surface area contributed by atoms with Crippen LogP contribution in [0.1, 0.15) is 25.1 Å². The lowest BCUT2D eigenvalue weighted by Gasteiger charge is -2.05. The number of nitrogens with zero attached hydrogens (tertiary/aromatic N) is 2. The van der Waals surface area contributed by atoms with Gasteiger partial charge >= 0.3 is 0 Å². The number of H-pyrrole nitrogens is 2.